The molecule has 0 radical (unpaired) electrons. The third-order valence-corrected chi connectivity index (χ3v) is 5.35. The van der Waals surface area contributed by atoms with E-state index in [4.69, 9.17) is 10.5 Å². The van der Waals surface area contributed by atoms with Crippen LogP contribution in [0.5, 0.6) is 5.88 Å². The first-order valence-electron chi connectivity index (χ1n) is 11.0. The Bertz CT molecular complexity index is 1250. The van der Waals surface area contributed by atoms with Gasteiger partial charge < -0.3 is 15.5 Å². The quantitative estimate of drug-likeness (QED) is 0.435. The summed E-state index contributed by atoms with van der Waals surface area (Å²) in [7, 11) is 0. The highest BCUT2D eigenvalue weighted by Crippen LogP contribution is 2.37. The van der Waals surface area contributed by atoms with Gasteiger partial charge in [0, 0.05) is 23.1 Å². The van der Waals surface area contributed by atoms with E-state index < -0.39 is 28.6 Å². The summed E-state index contributed by atoms with van der Waals surface area (Å²) in [5.74, 6) is -0.590. The number of amides is 1. The average Bonchev–Trinajstić information content (AvgIpc) is 2.78. The number of nitrogens with one attached hydrogen (secondary N) is 1. The van der Waals surface area contributed by atoms with Crippen LogP contribution in [0.25, 0.3) is 22.8 Å². The van der Waals surface area contributed by atoms with Crippen molar-refractivity contribution in [3.63, 3.8) is 0 Å². The number of hydrogen-bond donors (Lipinski definition) is 2. The number of aromatic nitrogens is 4. The van der Waals surface area contributed by atoms with Gasteiger partial charge in [-0.2, -0.15) is 13.2 Å². The van der Waals surface area contributed by atoms with Crippen molar-refractivity contribution >= 4 is 5.91 Å². The molecule has 2 aromatic heterocycles. The molecule has 0 aliphatic rings. The summed E-state index contributed by atoms with van der Waals surface area (Å²) < 4.78 is 46.8. The van der Waals surface area contributed by atoms with Crippen molar-refractivity contribution in [3.8, 4) is 28.7 Å². The van der Waals surface area contributed by atoms with Gasteiger partial charge in [-0.05, 0) is 36.6 Å². The Kier molecular flexibility index (Phi) is 7.57. The number of rotatable bonds is 9. The molecule has 1 amide bonds. The maximum absolute atomic E-state index is 13.8. The topological polar surface area (TPSA) is 124 Å². The number of unbranched alkanes of at least 4 members (excludes halogenated alkanes) is 1. The van der Waals surface area contributed by atoms with Crippen molar-refractivity contribution in [2.75, 3.05) is 6.61 Å². The Morgan fingerprint density at radius 2 is 1.83 bits per heavy atom. The zero-order valence-electron chi connectivity index (χ0n) is 19.6. The second-order valence-corrected chi connectivity index (χ2v) is 8.74. The van der Waals surface area contributed by atoms with Crippen LogP contribution >= 0.6 is 0 Å². The fraction of sp³-hybridized carbons (Fsp3) is 0.375. The summed E-state index contributed by atoms with van der Waals surface area (Å²) in [6, 6.07) is 7.63. The number of benzene rings is 1. The molecule has 3 N–H and O–H groups in total. The third kappa shape index (κ3) is 6.43. The minimum atomic E-state index is -4.71. The minimum absolute atomic E-state index is 0.0485. The molecule has 3 aromatic rings. The molecule has 0 unspecified atom stereocenters. The lowest BCUT2D eigenvalue weighted by atomic mass is 9.84. The van der Waals surface area contributed by atoms with Crippen molar-refractivity contribution in [1.82, 2.24) is 20.2 Å². The molecule has 8 nitrogen and oxygen atoms in total. The van der Waals surface area contributed by atoms with Crippen molar-refractivity contribution in [3.05, 3.63) is 57.9 Å². The Morgan fingerprint density at radius 3 is 2.43 bits per heavy atom. The number of carbonyl (C=O) groups is 1. The SMILES string of the molecule is CCCCOc1ccc(-c2cc(=O)[nH]c(-c3cc(CC(C)(C)C(N)=O)ccc3C(F)(F)F)n2)nn1. The maximum Gasteiger partial charge on any atom is 0.417 e. The molecule has 0 spiro atoms. The van der Waals surface area contributed by atoms with E-state index in [-0.39, 0.29) is 35.1 Å². The number of H-pyrrole nitrogens is 1. The summed E-state index contributed by atoms with van der Waals surface area (Å²) in [6.07, 6.45) is -2.81. The summed E-state index contributed by atoms with van der Waals surface area (Å²) in [5.41, 5.74) is 3.12. The number of primary amides is 1. The average molecular weight is 489 g/mol. The standard InChI is InChI=1S/C24H26F3N5O3/c1-4-5-10-35-20-9-8-17(31-32-20)18-12-19(33)30-21(29-18)15-11-14(13-23(2,3)22(28)34)6-7-16(15)24(25,26)27/h6-9,11-12H,4-5,10,13H2,1-3H3,(H2,28,34)(H,29,30,33). The Labute approximate surface area is 199 Å². The first-order valence-corrected chi connectivity index (χ1v) is 11.0. The summed E-state index contributed by atoms with van der Waals surface area (Å²) in [4.78, 5) is 30.7. The molecule has 1 aromatic carbocycles. The number of aromatic amines is 1. The van der Waals surface area contributed by atoms with Crippen LogP contribution in [0.3, 0.4) is 0 Å². The Balaban J connectivity index is 2.05. The molecule has 0 aliphatic carbocycles. The number of ether oxygens (including phenoxy) is 1. The molecule has 0 bridgehead atoms. The number of nitrogens with two attached hydrogens (primary N) is 1. The fourth-order valence-corrected chi connectivity index (χ4v) is 3.31. The zero-order chi connectivity index (χ0) is 25.8. The second kappa shape index (κ2) is 10.2. The van der Waals surface area contributed by atoms with Gasteiger partial charge in [-0.15, -0.1) is 10.2 Å². The molecule has 0 saturated heterocycles. The lowest BCUT2D eigenvalue weighted by Crippen LogP contribution is -2.33. The monoisotopic (exact) mass is 489 g/mol. The van der Waals surface area contributed by atoms with Gasteiger partial charge in [0.2, 0.25) is 11.8 Å². The normalized spacial score (nSPS) is 11.9. The van der Waals surface area contributed by atoms with Gasteiger partial charge in [0.25, 0.3) is 5.56 Å². The highest BCUT2D eigenvalue weighted by molar-refractivity contribution is 5.80. The Morgan fingerprint density at radius 1 is 1.09 bits per heavy atom. The van der Waals surface area contributed by atoms with Crippen LogP contribution in [0.2, 0.25) is 0 Å². The van der Waals surface area contributed by atoms with E-state index in [2.05, 4.69) is 20.2 Å². The van der Waals surface area contributed by atoms with Gasteiger partial charge in [0.1, 0.15) is 11.5 Å². The highest BCUT2D eigenvalue weighted by atomic mass is 19.4. The van der Waals surface area contributed by atoms with E-state index in [1.54, 1.807) is 19.9 Å². The molecule has 0 atom stereocenters. The molecule has 0 saturated carbocycles. The van der Waals surface area contributed by atoms with Gasteiger partial charge >= 0.3 is 6.18 Å². The van der Waals surface area contributed by atoms with Crippen LogP contribution in [0.4, 0.5) is 13.2 Å². The smallest absolute Gasteiger partial charge is 0.417 e. The van der Waals surface area contributed by atoms with Crippen LogP contribution in [0.1, 0.15) is 44.7 Å². The number of carbonyl (C=O) groups excluding carboxylic acids is 1. The maximum atomic E-state index is 13.8. The van der Waals surface area contributed by atoms with Crippen molar-refractivity contribution < 1.29 is 22.7 Å². The van der Waals surface area contributed by atoms with Crippen molar-refractivity contribution in [1.29, 1.82) is 0 Å². The molecule has 0 aliphatic heterocycles. The highest BCUT2D eigenvalue weighted by Gasteiger charge is 2.35. The summed E-state index contributed by atoms with van der Waals surface area (Å²) in [5, 5.41) is 7.93. The van der Waals surface area contributed by atoms with E-state index >= 15 is 0 Å². The van der Waals surface area contributed by atoms with Gasteiger partial charge in [-0.3, -0.25) is 9.59 Å². The van der Waals surface area contributed by atoms with E-state index in [1.807, 2.05) is 6.92 Å². The molecule has 35 heavy (non-hydrogen) atoms. The fourth-order valence-electron chi connectivity index (χ4n) is 3.31. The first kappa shape index (κ1) is 25.9. The third-order valence-electron chi connectivity index (χ3n) is 5.35. The molecule has 2 heterocycles. The van der Waals surface area contributed by atoms with Gasteiger partial charge in [0.05, 0.1) is 17.9 Å². The van der Waals surface area contributed by atoms with Crippen LogP contribution in [0.15, 0.2) is 41.2 Å². The van der Waals surface area contributed by atoms with E-state index in [1.165, 1.54) is 18.2 Å². The zero-order valence-corrected chi connectivity index (χ0v) is 19.6. The summed E-state index contributed by atoms with van der Waals surface area (Å²) in [6.45, 7) is 5.69. The second-order valence-electron chi connectivity index (χ2n) is 8.74. The van der Waals surface area contributed by atoms with E-state index in [0.717, 1.165) is 25.0 Å². The van der Waals surface area contributed by atoms with Crippen LogP contribution < -0.4 is 16.0 Å². The molecule has 3 rings (SSSR count). The van der Waals surface area contributed by atoms with Crippen LogP contribution in [0, 0.1) is 5.41 Å². The lowest BCUT2D eigenvalue weighted by molar-refractivity contribution is -0.137. The molecule has 186 valence electrons. The number of alkyl halides is 3. The van der Waals surface area contributed by atoms with Gasteiger partial charge in [0.15, 0.2) is 0 Å². The van der Waals surface area contributed by atoms with Gasteiger partial charge in [-0.25, -0.2) is 4.98 Å². The van der Waals surface area contributed by atoms with Crippen LogP contribution in [-0.4, -0.2) is 32.7 Å². The predicted molar refractivity (Wildman–Crippen MR) is 123 cm³/mol. The Hall–Kier alpha value is -3.76. The lowest BCUT2D eigenvalue weighted by Gasteiger charge is -2.21. The van der Waals surface area contributed by atoms with E-state index in [0.29, 0.717) is 12.2 Å². The predicted octanol–water partition coefficient (Wildman–Crippen LogP) is 4.15. The molecule has 0 fully saturated rings. The number of nitrogens with zero attached hydrogens (tertiary/aromatic N) is 3. The number of hydrogen-bond acceptors (Lipinski definition) is 6. The molecule has 11 heteroatoms. The minimum Gasteiger partial charge on any atom is -0.477 e. The molecular weight excluding hydrogens is 463 g/mol. The van der Waals surface area contributed by atoms with Crippen LogP contribution in [-0.2, 0) is 17.4 Å². The van der Waals surface area contributed by atoms with E-state index in [9.17, 15) is 22.8 Å². The molecular formula is C24H26F3N5O3. The first-order chi connectivity index (χ1) is 16.4. The largest absolute Gasteiger partial charge is 0.477 e. The van der Waals surface area contributed by atoms with Crippen molar-refractivity contribution in [2.45, 2.75) is 46.2 Å². The summed E-state index contributed by atoms with van der Waals surface area (Å²) >= 11 is 0. The van der Waals surface area contributed by atoms with Crippen molar-refractivity contribution in [2.24, 2.45) is 11.1 Å². The number of halogens is 3. The van der Waals surface area contributed by atoms with Gasteiger partial charge in [-0.1, -0.05) is 33.3 Å².